The third kappa shape index (κ3) is 5.33. The number of fused-ring (bicyclic) bond motifs is 1. The Morgan fingerprint density at radius 3 is 2.48 bits per heavy atom. The van der Waals surface area contributed by atoms with Gasteiger partial charge in [0.15, 0.2) is 21.7 Å². The number of amides is 2. The van der Waals surface area contributed by atoms with Crippen LogP contribution >= 0.6 is 0 Å². The molecule has 0 spiro atoms. The Morgan fingerprint density at radius 2 is 1.85 bits per heavy atom. The van der Waals surface area contributed by atoms with Crippen molar-refractivity contribution in [3.05, 3.63) is 48.0 Å². The largest absolute Gasteiger partial charge is 0.494 e. The molecule has 0 aliphatic carbocycles. The van der Waals surface area contributed by atoms with Crippen LogP contribution in [0.4, 0.5) is 11.4 Å². The number of hydrogen-bond donors (Lipinski definition) is 1. The fourth-order valence-electron chi connectivity index (χ4n) is 3.37. The van der Waals surface area contributed by atoms with E-state index in [-0.39, 0.29) is 11.5 Å². The van der Waals surface area contributed by atoms with E-state index in [0.717, 1.165) is 0 Å². The average Bonchev–Trinajstić information content (AvgIpc) is 2.77. The molecule has 1 N–H and O–H groups in total. The Bertz CT molecular complexity index is 1180. The van der Waals surface area contributed by atoms with Crippen LogP contribution in [0.15, 0.2) is 42.5 Å². The molecule has 10 heteroatoms. The number of hydrogen-bond acceptors (Lipinski definition) is 7. The minimum absolute atomic E-state index is 0.106. The zero-order chi connectivity index (χ0) is 24.3. The number of Topliss-reactive ketones (excluding diaryl/α,β-unsaturated/α-hetero) is 1. The van der Waals surface area contributed by atoms with Crippen LogP contribution in [0.2, 0.25) is 0 Å². The minimum atomic E-state index is -4.10. The van der Waals surface area contributed by atoms with Gasteiger partial charge in [0, 0.05) is 18.3 Å². The van der Waals surface area contributed by atoms with E-state index in [9.17, 15) is 22.8 Å². The van der Waals surface area contributed by atoms with Crippen LogP contribution < -0.4 is 19.7 Å². The lowest BCUT2D eigenvalue weighted by molar-refractivity contribution is -0.125. The van der Waals surface area contributed by atoms with Gasteiger partial charge < -0.3 is 19.7 Å². The van der Waals surface area contributed by atoms with Crippen molar-refractivity contribution < 1.29 is 32.3 Å². The second-order valence-corrected chi connectivity index (χ2v) is 9.98. The molecule has 0 radical (unpaired) electrons. The predicted molar refractivity (Wildman–Crippen MR) is 124 cm³/mol. The number of carbonyl (C=O) groups excluding carboxylic acids is 3. The van der Waals surface area contributed by atoms with Gasteiger partial charge in [-0.3, -0.25) is 14.4 Å². The molecule has 0 aromatic heterocycles. The molecule has 2 aromatic rings. The normalized spacial score (nSPS) is 16.4. The van der Waals surface area contributed by atoms with Gasteiger partial charge in [-0.15, -0.1) is 0 Å². The Balaban J connectivity index is 1.70. The summed E-state index contributed by atoms with van der Waals surface area (Å²) in [5.74, 6) is -1.51. The van der Waals surface area contributed by atoms with Gasteiger partial charge in [-0.1, -0.05) is 0 Å². The number of carbonyl (C=O) groups is 3. The predicted octanol–water partition coefficient (Wildman–Crippen LogP) is 2.45. The molecule has 9 nitrogen and oxygen atoms in total. The van der Waals surface area contributed by atoms with Gasteiger partial charge in [0.1, 0.15) is 22.5 Å². The Hall–Kier alpha value is -3.40. The summed E-state index contributed by atoms with van der Waals surface area (Å²) >= 11 is 0. The highest BCUT2D eigenvalue weighted by atomic mass is 32.2. The van der Waals surface area contributed by atoms with Crippen molar-refractivity contribution >= 4 is 38.8 Å². The van der Waals surface area contributed by atoms with Crippen molar-refractivity contribution in [2.75, 3.05) is 29.6 Å². The van der Waals surface area contributed by atoms with Crippen molar-refractivity contribution in [1.82, 2.24) is 0 Å². The maximum absolute atomic E-state index is 12.9. The van der Waals surface area contributed by atoms with Gasteiger partial charge in [-0.25, -0.2) is 8.42 Å². The number of nitrogens with one attached hydrogen (secondary N) is 1. The van der Waals surface area contributed by atoms with Crippen molar-refractivity contribution in [2.45, 2.75) is 32.1 Å². The maximum atomic E-state index is 12.9. The van der Waals surface area contributed by atoms with Gasteiger partial charge >= 0.3 is 0 Å². The van der Waals surface area contributed by atoms with E-state index in [1.807, 2.05) is 6.92 Å². The van der Waals surface area contributed by atoms with E-state index in [1.54, 1.807) is 38.2 Å². The molecule has 0 saturated heterocycles. The van der Waals surface area contributed by atoms with Crippen LogP contribution in [0.5, 0.6) is 11.5 Å². The summed E-state index contributed by atoms with van der Waals surface area (Å²) in [6.45, 7) is 5.21. The van der Waals surface area contributed by atoms with Crippen LogP contribution in [-0.2, 0) is 19.4 Å². The van der Waals surface area contributed by atoms with E-state index in [1.165, 1.54) is 30.0 Å². The Morgan fingerprint density at radius 1 is 1.18 bits per heavy atom. The lowest BCUT2D eigenvalue weighted by Gasteiger charge is -2.30. The summed E-state index contributed by atoms with van der Waals surface area (Å²) in [5.41, 5.74) is 0.894. The SMILES string of the molecule is CCOc1ccc(NC(=O)CS(=O)(=O)C(C)C(=O)c2ccc3c(c2)N(C)C(=O)C(C)O3)cc1. The van der Waals surface area contributed by atoms with E-state index < -0.39 is 38.6 Å². The summed E-state index contributed by atoms with van der Waals surface area (Å²) in [6, 6.07) is 10.9. The number of rotatable bonds is 8. The average molecular weight is 475 g/mol. The zero-order valence-electron chi connectivity index (χ0n) is 18.8. The Labute approximate surface area is 192 Å². The van der Waals surface area contributed by atoms with E-state index >= 15 is 0 Å². The zero-order valence-corrected chi connectivity index (χ0v) is 19.6. The molecule has 2 aromatic carbocycles. The van der Waals surface area contributed by atoms with Crippen molar-refractivity contribution in [3.8, 4) is 11.5 Å². The Kier molecular flexibility index (Phi) is 7.06. The second-order valence-electron chi connectivity index (χ2n) is 7.66. The van der Waals surface area contributed by atoms with Gasteiger partial charge in [-0.05, 0) is 63.2 Å². The van der Waals surface area contributed by atoms with Crippen LogP contribution in [0.3, 0.4) is 0 Å². The van der Waals surface area contributed by atoms with Crippen molar-refractivity contribution in [3.63, 3.8) is 0 Å². The quantitative estimate of drug-likeness (QED) is 0.584. The first-order valence-electron chi connectivity index (χ1n) is 10.4. The third-order valence-electron chi connectivity index (χ3n) is 5.28. The monoisotopic (exact) mass is 474 g/mol. The van der Waals surface area contributed by atoms with Crippen LogP contribution in [0.25, 0.3) is 0 Å². The first-order valence-corrected chi connectivity index (χ1v) is 12.1. The first kappa shape index (κ1) is 24.2. The van der Waals surface area contributed by atoms with Crippen molar-refractivity contribution in [1.29, 1.82) is 0 Å². The van der Waals surface area contributed by atoms with Crippen LogP contribution in [0, 0.1) is 0 Å². The molecule has 1 heterocycles. The molecule has 0 saturated carbocycles. The van der Waals surface area contributed by atoms with Crippen LogP contribution in [0.1, 0.15) is 31.1 Å². The fraction of sp³-hybridized carbons (Fsp3) is 0.348. The summed E-state index contributed by atoms with van der Waals surface area (Å²) in [5, 5.41) is 1.06. The standard InChI is InChI=1S/C23H26N2O7S/c1-5-31-18-9-7-17(8-10-18)24-21(26)13-33(29,30)15(3)22(27)16-6-11-20-19(12-16)25(4)23(28)14(2)32-20/h6-12,14-15H,5,13H2,1-4H3,(H,24,26). The van der Waals surface area contributed by atoms with Crippen LogP contribution in [-0.4, -0.2) is 56.8 Å². The third-order valence-corrected chi connectivity index (χ3v) is 7.23. The molecule has 33 heavy (non-hydrogen) atoms. The molecule has 0 bridgehead atoms. The number of ether oxygens (including phenoxy) is 2. The summed E-state index contributed by atoms with van der Waals surface area (Å²) in [7, 11) is -2.54. The summed E-state index contributed by atoms with van der Waals surface area (Å²) in [6.07, 6.45) is -0.655. The van der Waals surface area contributed by atoms with Gasteiger partial charge in [-0.2, -0.15) is 0 Å². The number of sulfone groups is 1. The number of benzene rings is 2. The van der Waals surface area contributed by atoms with Gasteiger partial charge in [0.05, 0.1) is 12.3 Å². The molecule has 3 rings (SSSR count). The number of ketones is 1. The lowest BCUT2D eigenvalue weighted by atomic mass is 10.1. The molecule has 2 atom stereocenters. The topological polar surface area (TPSA) is 119 Å². The second kappa shape index (κ2) is 9.62. The molecule has 0 fully saturated rings. The molecular weight excluding hydrogens is 448 g/mol. The molecule has 1 aliphatic rings. The number of likely N-dealkylation sites (N-methyl/N-ethyl adjacent to an activating group) is 1. The highest BCUT2D eigenvalue weighted by Gasteiger charge is 2.33. The van der Waals surface area contributed by atoms with Crippen molar-refractivity contribution in [2.24, 2.45) is 0 Å². The van der Waals surface area contributed by atoms with E-state index in [0.29, 0.717) is 29.5 Å². The number of nitrogens with zero attached hydrogens (tertiary/aromatic N) is 1. The number of anilines is 2. The summed E-state index contributed by atoms with van der Waals surface area (Å²) in [4.78, 5) is 38.7. The maximum Gasteiger partial charge on any atom is 0.267 e. The smallest absolute Gasteiger partial charge is 0.267 e. The van der Waals surface area contributed by atoms with Gasteiger partial charge in [0.25, 0.3) is 5.91 Å². The highest BCUT2D eigenvalue weighted by molar-refractivity contribution is 7.93. The minimum Gasteiger partial charge on any atom is -0.494 e. The van der Waals surface area contributed by atoms with Gasteiger partial charge in [0.2, 0.25) is 5.91 Å². The van der Waals surface area contributed by atoms with E-state index in [4.69, 9.17) is 9.47 Å². The molecule has 176 valence electrons. The summed E-state index contributed by atoms with van der Waals surface area (Å²) < 4.78 is 36.3. The molecule has 1 aliphatic heterocycles. The first-order chi connectivity index (χ1) is 15.5. The molecule has 2 amide bonds. The molecule has 2 unspecified atom stereocenters. The lowest BCUT2D eigenvalue weighted by Crippen LogP contribution is -2.42. The highest BCUT2D eigenvalue weighted by Crippen LogP contribution is 2.34. The van der Waals surface area contributed by atoms with E-state index in [2.05, 4.69) is 5.32 Å². The fourth-order valence-corrected chi connectivity index (χ4v) is 4.52. The molecular formula is C23H26N2O7S.